The molecule has 7 heteroatoms. The van der Waals surface area contributed by atoms with E-state index in [1.807, 2.05) is 55.5 Å². The first-order valence-electron chi connectivity index (χ1n) is 9.87. The number of carbonyl (C=O) groups is 1. The zero-order valence-electron chi connectivity index (χ0n) is 16.7. The number of hydrogen-bond donors (Lipinski definition) is 1. The third-order valence-corrected chi connectivity index (χ3v) is 5.19. The molecule has 1 N–H and O–H groups in total. The van der Waals surface area contributed by atoms with Gasteiger partial charge in [-0.2, -0.15) is 0 Å². The molecule has 0 bridgehead atoms. The number of aryl methyl sites for hydroxylation is 1. The predicted molar refractivity (Wildman–Crippen MR) is 118 cm³/mol. The van der Waals surface area contributed by atoms with Crippen molar-refractivity contribution >= 4 is 33.4 Å². The number of rotatable bonds is 4. The highest BCUT2D eigenvalue weighted by Crippen LogP contribution is 2.38. The number of hydrogen-bond acceptors (Lipinski definition) is 5. The Labute approximate surface area is 177 Å². The zero-order valence-corrected chi connectivity index (χ0v) is 16.7. The number of amides is 1. The summed E-state index contributed by atoms with van der Waals surface area (Å²) in [6.45, 7) is 2.49. The summed E-state index contributed by atoms with van der Waals surface area (Å²) in [6, 6.07) is 20.0. The van der Waals surface area contributed by atoms with E-state index in [1.54, 1.807) is 29.0 Å². The summed E-state index contributed by atoms with van der Waals surface area (Å²) in [5, 5.41) is 20.1. The van der Waals surface area contributed by atoms with Crippen molar-refractivity contribution in [2.24, 2.45) is 10.2 Å². The number of nitrogens with zero attached hydrogens (tertiary/aromatic N) is 4. The van der Waals surface area contributed by atoms with Crippen molar-refractivity contribution in [3.8, 4) is 17.3 Å². The van der Waals surface area contributed by atoms with Crippen molar-refractivity contribution in [1.82, 2.24) is 9.55 Å². The van der Waals surface area contributed by atoms with Crippen LogP contribution >= 0.6 is 0 Å². The molecule has 31 heavy (non-hydrogen) atoms. The molecular formula is C24H18N4O3. The number of pyridine rings is 1. The van der Waals surface area contributed by atoms with Gasteiger partial charge in [-0.25, -0.2) is 4.98 Å². The molecule has 0 aliphatic rings. The molecule has 3 heterocycles. The summed E-state index contributed by atoms with van der Waals surface area (Å²) < 4.78 is 7.18. The number of aromatic nitrogens is 2. The third-order valence-electron chi connectivity index (χ3n) is 5.19. The second kappa shape index (κ2) is 7.53. The van der Waals surface area contributed by atoms with Crippen LogP contribution in [0.5, 0.6) is 5.88 Å². The number of carbonyl (C=O) groups excluding carboxylic acids is 1. The Balaban J connectivity index is 1.61. The molecule has 0 fully saturated rings. The van der Waals surface area contributed by atoms with Crippen molar-refractivity contribution in [2.75, 3.05) is 0 Å². The van der Waals surface area contributed by atoms with Crippen LogP contribution in [0.25, 0.3) is 33.3 Å². The molecule has 0 spiro atoms. The lowest BCUT2D eigenvalue weighted by atomic mass is 10.1. The summed E-state index contributed by atoms with van der Waals surface area (Å²) in [6.07, 6.45) is 1.56. The first kappa shape index (κ1) is 18.7. The molecule has 1 amide bonds. The molecule has 7 nitrogen and oxygen atoms in total. The van der Waals surface area contributed by atoms with Crippen molar-refractivity contribution in [3.63, 3.8) is 0 Å². The van der Waals surface area contributed by atoms with E-state index in [9.17, 15) is 9.90 Å². The SMILES string of the molecule is CCn1c(O)c(N=NC(=O)c2cc(-c3ccco3)nc3ccccc23)c2ccccc21. The van der Waals surface area contributed by atoms with Crippen molar-refractivity contribution < 1.29 is 14.3 Å². The normalized spacial score (nSPS) is 11.6. The maximum Gasteiger partial charge on any atom is 0.296 e. The smallest absolute Gasteiger partial charge is 0.296 e. The topological polar surface area (TPSA) is 93.0 Å². The van der Waals surface area contributed by atoms with Gasteiger partial charge in [0.15, 0.2) is 11.4 Å². The molecule has 0 saturated heterocycles. The molecule has 0 saturated carbocycles. The average Bonchev–Trinajstić information content (AvgIpc) is 3.43. The number of benzene rings is 2. The van der Waals surface area contributed by atoms with Crippen LogP contribution in [-0.2, 0) is 6.54 Å². The molecule has 0 radical (unpaired) electrons. The fourth-order valence-electron chi connectivity index (χ4n) is 3.74. The van der Waals surface area contributed by atoms with E-state index >= 15 is 0 Å². The van der Waals surface area contributed by atoms with Crippen LogP contribution in [-0.4, -0.2) is 20.6 Å². The Morgan fingerprint density at radius 3 is 2.61 bits per heavy atom. The van der Waals surface area contributed by atoms with Gasteiger partial charge < -0.3 is 14.1 Å². The molecule has 0 atom stereocenters. The van der Waals surface area contributed by atoms with Gasteiger partial charge in [-0.1, -0.05) is 36.4 Å². The fourth-order valence-corrected chi connectivity index (χ4v) is 3.74. The number of fused-ring (bicyclic) bond motifs is 2. The first-order valence-corrected chi connectivity index (χ1v) is 9.87. The Morgan fingerprint density at radius 1 is 1.06 bits per heavy atom. The standard InChI is InChI=1S/C24H18N4O3/c1-2-28-20-11-6-4-9-16(20)22(24(28)30)26-27-23(29)17-14-19(21-12-7-13-31-21)25-18-10-5-3-8-15(17)18/h3-14,30H,2H2,1H3. The number of furan rings is 1. The Morgan fingerprint density at radius 2 is 1.84 bits per heavy atom. The van der Waals surface area contributed by atoms with Crippen LogP contribution in [0.4, 0.5) is 5.69 Å². The van der Waals surface area contributed by atoms with Crippen molar-refractivity contribution in [3.05, 3.63) is 78.6 Å². The number of aromatic hydroxyl groups is 1. The molecule has 152 valence electrons. The summed E-state index contributed by atoms with van der Waals surface area (Å²) in [5.41, 5.74) is 2.65. The minimum Gasteiger partial charge on any atom is -0.493 e. The van der Waals surface area contributed by atoms with Gasteiger partial charge in [0, 0.05) is 17.3 Å². The molecule has 3 aromatic heterocycles. The molecule has 0 aliphatic carbocycles. The lowest BCUT2D eigenvalue weighted by Gasteiger charge is -2.05. The maximum absolute atomic E-state index is 13.1. The van der Waals surface area contributed by atoms with Crippen LogP contribution in [0.3, 0.4) is 0 Å². The van der Waals surface area contributed by atoms with Gasteiger partial charge in [-0.15, -0.1) is 10.2 Å². The largest absolute Gasteiger partial charge is 0.493 e. The lowest BCUT2D eigenvalue weighted by molar-refractivity contribution is 0.0996. The van der Waals surface area contributed by atoms with E-state index in [0.29, 0.717) is 34.5 Å². The summed E-state index contributed by atoms with van der Waals surface area (Å²) in [4.78, 5) is 17.7. The first-order chi connectivity index (χ1) is 15.2. The van der Waals surface area contributed by atoms with Crippen LogP contribution in [0.15, 0.2) is 87.6 Å². The van der Waals surface area contributed by atoms with Gasteiger partial charge in [0.2, 0.25) is 5.88 Å². The number of para-hydroxylation sites is 2. The maximum atomic E-state index is 13.1. The zero-order chi connectivity index (χ0) is 21.4. The van der Waals surface area contributed by atoms with Gasteiger partial charge in [0.1, 0.15) is 5.69 Å². The highest BCUT2D eigenvalue weighted by atomic mass is 16.3. The van der Waals surface area contributed by atoms with Crippen molar-refractivity contribution in [2.45, 2.75) is 13.5 Å². The van der Waals surface area contributed by atoms with Gasteiger partial charge in [-0.3, -0.25) is 4.79 Å². The highest BCUT2D eigenvalue weighted by molar-refractivity contribution is 6.07. The molecular weight excluding hydrogens is 392 g/mol. The van der Waals surface area contributed by atoms with E-state index in [2.05, 4.69) is 15.2 Å². The average molecular weight is 410 g/mol. The van der Waals surface area contributed by atoms with Crippen molar-refractivity contribution in [1.29, 1.82) is 0 Å². The third kappa shape index (κ3) is 3.16. The van der Waals surface area contributed by atoms with E-state index in [0.717, 1.165) is 10.9 Å². The van der Waals surface area contributed by atoms with Crippen LogP contribution in [0.2, 0.25) is 0 Å². The minimum absolute atomic E-state index is 0.0175. The van der Waals surface area contributed by atoms with Crippen LogP contribution in [0.1, 0.15) is 17.3 Å². The van der Waals surface area contributed by atoms with E-state index in [4.69, 9.17) is 4.42 Å². The van der Waals surface area contributed by atoms with Gasteiger partial charge in [-0.05, 0) is 37.3 Å². The summed E-state index contributed by atoms with van der Waals surface area (Å²) >= 11 is 0. The quantitative estimate of drug-likeness (QED) is 0.362. The molecule has 0 aliphatic heterocycles. The molecule has 0 unspecified atom stereocenters. The number of azo groups is 1. The highest BCUT2D eigenvalue weighted by Gasteiger charge is 2.18. The molecule has 5 aromatic rings. The predicted octanol–water partition coefficient (Wildman–Crippen LogP) is 6.10. The lowest BCUT2D eigenvalue weighted by Crippen LogP contribution is -1.98. The van der Waals surface area contributed by atoms with Gasteiger partial charge in [0.05, 0.1) is 22.9 Å². The minimum atomic E-state index is -0.529. The van der Waals surface area contributed by atoms with Gasteiger partial charge in [0.25, 0.3) is 5.91 Å². The molecule has 5 rings (SSSR count). The van der Waals surface area contributed by atoms with E-state index < -0.39 is 5.91 Å². The van der Waals surface area contributed by atoms with Gasteiger partial charge >= 0.3 is 0 Å². The Kier molecular flexibility index (Phi) is 4.55. The second-order valence-corrected chi connectivity index (χ2v) is 6.99. The summed E-state index contributed by atoms with van der Waals surface area (Å²) in [7, 11) is 0. The van der Waals surface area contributed by atoms with Crippen LogP contribution in [0, 0.1) is 0 Å². The Hall–Kier alpha value is -4.26. The fraction of sp³-hybridized carbons (Fsp3) is 0.0833. The Bertz CT molecular complexity index is 1450. The monoisotopic (exact) mass is 410 g/mol. The summed E-state index contributed by atoms with van der Waals surface area (Å²) in [5.74, 6) is 0.00986. The van der Waals surface area contributed by atoms with Crippen LogP contribution < -0.4 is 0 Å². The molecule has 2 aromatic carbocycles. The van der Waals surface area contributed by atoms with E-state index in [1.165, 1.54) is 0 Å². The van der Waals surface area contributed by atoms with E-state index in [-0.39, 0.29) is 11.6 Å². The second-order valence-electron chi connectivity index (χ2n) is 6.99.